The van der Waals surface area contributed by atoms with Gasteiger partial charge in [0.25, 0.3) is 0 Å². The summed E-state index contributed by atoms with van der Waals surface area (Å²) in [5.74, 6) is -2.51. The smallest absolute Gasteiger partial charge is 0.310 e. The molecular weight excluding hydrogens is 394 g/mol. The van der Waals surface area contributed by atoms with Crippen LogP contribution in [-0.4, -0.2) is 48.2 Å². The standard InChI is InChI=1S/C21H25NO6S/c1-21(2,3)16(23)13-15(28-17(24)12-14-8-5-4-6-9-14)18-19(25)22-10-7-11-29(26,27)20(18)22/h4-10,15,18,20H,11-13H2,1-3H3/t15?,18-,20-/m0/s1. The molecule has 2 aliphatic heterocycles. The van der Waals surface area contributed by atoms with Crippen LogP contribution >= 0.6 is 0 Å². The number of sulfone groups is 1. The third kappa shape index (κ3) is 4.42. The lowest BCUT2D eigenvalue weighted by Crippen LogP contribution is -2.67. The number of nitrogens with zero attached hydrogens (tertiary/aromatic N) is 1. The van der Waals surface area contributed by atoms with Crippen molar-refractivity contribution >= 4 is 27.5 Å². The quantitative estimate of drug-likeness (QED) is 0.516. The van der Waals surface area contributed by atoms with Crippen molar-refractivity contribution in [1.82, 2.24) is 4.90 Å². The Morgan fingerprint density at radius 3 is 2.48 bits per heavy atom. The molecule has 0 aromatic heterocycles. The molecule has 1 aromatic rings. The lowest BCUT2D eigenvalue weighted by atomic mass is 9.82. The van der Waals surface area contributed by atoms with E-state index in [1.807, 2.05) is 6.07 Å². The van der Waals surface area contributed by atoms with Gasteiger partial charge in [-0.05, 0) is 5.56 Å². The minimum atomic E-state index is -3.60. The van der Waals surface area contributed by atoms with E-state index in [1.54, 1.807) is 45.0 Å². The van der Waals surface area contributed by atoms with E-state index in [2.05, 4.69) is 0 Å². The molecule has 8 heteroatoms. The third-order valence-electron chi connectivity index (χ3n) is 5.18. The van der Waals surface area contributed by atoms with E-state index >= 15 is 0 Å². The molecule has 0 bridgehead atoms. The normalized spacial score (nSPS) is 23.7. The molecule has 3 atom stereocenters. The molecule has 156 valence electrons. The lowest BCUT2D eigenvalue weighted by molar-refractivity contribution is -0.167. The predicted molar refractivity (Wildman–Crippen MR) is 106 cm³/mol. The summed E-state index contributed by atoms with van der Waals surface area (Å²) < 4.78 is 30.5. The van der Waals surface area contributed by atoms with Crippen molar-refractivity contribution in [3.8, 4) is 0 Å². The molecule has 0 N–H and O–H groups in total. The molecule has 1 unspecified atom stereocenters. The van der Waals surface area contributed by atoms with E-state index in [0.717, 1.165) is 10.5 Å². The van der Waals surface area contributed by atoms with Crippen LogP contribution in [0.4, 0.5) is 0 Å². The summed E-state index contributed by atoms with van der Waals surface area (Å²) in [7, 11) is -3.60. The number of benzene rings is 1. The Hall–Kier alpha value is -2.48. The highest BCUT2D eigenvalue weighted by Crippen LogP contribution is 2.39. The zero-order valence-electron chi connectivity index (χ0n) is 16.7. The molecule has 7 nitrogen and oxygen atoms in total. The minimum absolute atomic E-state index is 0.0248. The van der Waals surface area contributed by atoms with Crippen molar-refractivity contribution in [2.45, 2.75) is 45.1 Å². The van der Waals surface area contributed by atoms with Crippen LogP contribution < -0.4 is 0 Å². The first-order valence-electron chi connectivity index (χ1n) is 9.48. The number of rotatable bonds is 6. The highest BCUT2D eigenvalue weighted by atomic mass is 32.2. The summed E-state index contributed by atoms with van der Waals surface area (Å²) in [6.07, 6.45) is 1.51. The van der Waals surface area contributed by atoms with Crippen LogP contribution in [0.15, 0.2) is 42.6 Å². The maximum Gasteiger partial charge on any atom is 0.310 e. The van der Waals surface area contributed by atoms with Gasteiger partial charge in [-0.1, -0.05) is 57.2 Å². The first-order valence-corrected chi connectivity index (χ1v) is 11.2. The Morgan fingerprint density at radius 1 is 1.21 bits per heavy atom. The van der Waals surface area contributed by atoms with Crippen LogP contribution in [0.3, 0.4) is 0 Å². The molecule has 0 saturated carbocycles. The largest absolute Gasteiger partial charge is 0.461 e. The van der Waals surface area contributed by atoms with Crippen molar-refractivity contribution in [3.05, 3.63) is 48.2 Å². The summed E-state index contributed by atoms with van der Waals surface area (Å²) in [5.41, 5.74) is 0.0234. The van der Waals surface area contributed by atoms with E-state index in [4.69, 9.17) is 4.74 Å². The van der Waals surface area contributed by atoms with Gasteiger partial charge >= 0.3 is 5.97 Å². The molecule has 1 amide bonds. The van der Waals surface area contributed by atoms with Gasteiger partial charge < -0.3 is 9.64 Å². The Bertz CT molecular complexity index is 945. The zero-order valence-corrected chi connectivity index (χ0v) is 17.5. The summed E-state index contributed by atoms with van der Waals surface area (Å²) in [5, 5.41) is -1.10. The van der Waals surface area contributed by atoms with E-state index in [9.17, 15) is 22.8 Å². The van der Waals surface area contributed by atoms with Gasteiger partial charge in [-0.15, -0.1) is 0 Å². The monoisotopic (exact) mass is 419 g/mol. The second-order valence-electron chi connectivity index (χ2n) is 8.44. The number of hydrogen-bond acceptors (Lipinski definition) is 6. The molecule has 1 saturated heterocycles. The number of fused-ring (bicyclic) bond motifs is 1. The Kier molecular flexibility index (Phi) is 5.67. The predicted octanol–water partition coefficient (Wildman–Crippen LogP) is 1.87. The summed E-state index contributed by atoms with van der Waals surface area (Å²) in [6.45, 7) is 5.19. The fourth-order valence-corrected chi connectivity index (χ4v) is 5.31. The third-order valence-corrected chi connectivity index (χ3v) is 7.09. The van der Waals surface area contributed by atoms with Gasteiger partial charge in [0.15, 0.2) is 15.2 Å². The number of β-lactam (4-membered cyclic amide) rings is 1. The summed E-state index contributed by atoms with van der Waals surface area (Å²) in [6, 6.07) is 8.93. The number of amides is 1. The Balaban J connectivity index is 1.83. The zero-order chi connectivity index (χ0) is 21.4. The van der Waals surface area contributed by atoms with Crippen LogP contribution in [0, 0.1) is 11.3 Å². The number of ketones is 1. The van der Waals surface area contributed by atoms with Crippen molar-refractivity contribution in [1.29, 1.82) is 0 Å². The van der Waals surface area contributed by atoms with Crippen molar-refractivity contribution < 1.29 is 27.5 Å². The van der Waals surface area contributed by atoms with Gasteiger partial charge in [-0.3, -0.25) is 14.4 Å². The number of carbonyl (C=O) groups is 3. The van der Waals surface area contributed by atoms with E-state index < -0.39 is 44.5 Å². The molecule has 2 heterocycles. The number of carbonyl (C=O) groups excluding carboxylic acids is 3. The maximum absolute atomic E-state index is 12.6. The number of ether oxygens (including phenoxy) is 1. The SMILES string of the molecule is CC(C)(C)C(=O)CC(OC(=O)Cc1ccccc1)[C@H]1C(=O)N2C=CCS(=O)(=O)[C@@H]12. The number of Topliss-reactive ketones (excluding diaryl/α,β-unsaturated/α-hetero) is 1. The van der Waals surface area contributed by atoms with Gasteiger partial charge in [-0.2, -0.15) is 0 Å². The fourth-order valence-electron chi connectivity index (χ4n) is 3.50. The fraction of sp³-hybridized carbons (Fsp3) is 0.476. The van der Waals surface area contributed by atoms with Gasteiger partial charge in [0.1, 0.15) is 17.8 Å². The summed E-state index contributed by atoms with van der Waals surface area (Å²) in [4.78, 5) is 38.9. The number of hydrogen-bond donors (Lipinski definition) is 0. The topological polar surface area (TPSA) is 97.8 Å². The van der Waals surface area contributed by atoms with Crippen LogP contribution in [-0.2, 0) is 35.4 Å². The summed E-state index contributed by atoms with van der Waals surface area (Å²) >= 11 is 0. The lowest BCUT2D eigenvalue weighted by Gasteiger charge is -2.48. The molecule has 3 rings (SSSR count). The second kappa shape index (κ2) is 7.74. The highest BCUT2D eigenvalue weighted by Gasteiger charge is 2.59. The van der Waals surface area contributed by atoms with Crippen LogP contribution in [0.5, 0.6) is 0 Å². The number of esters is 1. The van der Waals surface area contributed by atoms with Gasteiger partial charge in [0.05, 0.1) is 12.2 Å². The average molecular weight is 419 g/mol. The Labute approximate surface area is 170 Å². The molecule has 0 aliphatic carbocycles. The molecule has 0 radical (unpaired) electrons. The first-order chi connectivity index (χ1) is 13.5. The van der Waals surface area contributed by atoms with E-state index in [1.165, 1.54) is 12.3 Å². The molecule has 29 heavy (non-hydrogen) atoms. The van der Waals surface area contributed by atoms with Crippen LogP contribution in [0.2, 0.25) is 0 Å². The van der Waals surface area contributed by atoms with Gasteiger partial charge in [0, 0.05) is 18.0 Å². The Morgan fingerprint density at radius 2 is 1.86 bits per heavy atom. The van der Waals surface area contributed by atoms with Crippen LogP contribution in [0.25, 0.3) is 0 Å². The van der Waals surface area contributed by atoms with Gasteiger partial charge in [0.2, 0.25) is 5.91 Å². The van der Waals surface area contributed by atoms with Crippen molar-refractivity contribution in [3.63, 3.8) is 0 Å². The van der Waals surface area contributed by atoms with Crippen LogP contribution in [0.1, 0.15) is 32.8 Å². The average Bonchev–Trinajstić information content (AvgIpc) is 2.62. The maximum atomic E-state index is 12.6. The highest BCUT2D eigenvalue weighted by molar-refractivity contribution is 7.92. The van der Waals surface area contributed by atoms with E-state index in [-0.39, 0.29) is 24.4 Å². The molecule has 1 fully saturated rings. The molecular formula is C21H25NO6S. The second-order valence-corrected chi connectivity index (χ2v) is 10.6. The first kappa shape index (κ1) is 21.2. The molecule has 2 aliphatic rings. The van der Waals surface area contributed by atoms with Crippen molar-refractivity contribution in [2.24, 2.45) is 11.3 Å². The minimum Gasteiger partial charge on any atom is -0.461 e. The molecule has 0 spiro atoms. The van der Waals surface area contributed by atoms with Gasteiger partial charge in [-0.25, -0.2) is 8.42 Å². The van der Waals surface area contributed by atoms with E-state index in [0.29, 0.717) is 0 Å². The molecule has 1 aromatic carbocycles. The van der Waals surface area contributed by atoms with Crippen molar-refractivity contribution in [2.75, 3.05) is 5.75 Å².